The lowest BCUT2D eigenvalue weighted by Gasteiger charge is -2.27. The summed E-state index contributed by atoms with van der Waals surface area (Å²) in [5.74, 6) is -0.615. The van der Waals surface area contributed by atoms with Crippen LogP contribution in [-0.2, 0) is 24.2 Å². The van der Waals surface area contributed by atoms with Crippen LogP contribution in [0.3, 0.4) is 0 Å². The monoisotopic (exact) mass is 477 g/mol. The van der Waals surface area contributed by atoms with Crippen molar-refractivity contribution >= 4 is 49.8 Å². The minimum Gasteiger partial charge on any atom is -0.462 e. The molecule has 1 amide bonds. The number of ether oxygens (including phenoxy) is 1. The molecule has 6 nitrogen and oxygen atoms in total. The Kier molecular flexibility index (Phi) is 6.22. The van der Waals surface area contributed by atoms with Crippen molar-refractivity contribution in [3.05, 3.63) is 81.2 Å². The topological polar surface area (TPSA) is 71.5 Å². The van der Waals surface area contributed by atoms with Gasteiger partial charge in [0.1, 0.15) is 5.00 Å². The lowest BCUT2D eigenvalue weighted by atomic mass is 10.0. The van der Waals surface area contributed by atoms with Crippen LogP contribution in [0.5, 0.6) is 0 Å². The van der Waals surface area contributed by atoms with Crippen LogP contribution in [0.1, 0.15) is 43.6 Å². The Morgan fingerprint density at radius 2 is 2.03 bits per heavy atom. The number of hydrogen-bond acceptors (Lipinski definition) is 7. The number of carbonyl (C=O) groups excluding carboxylic acids is 2. The Hall–Kier alpha value is -3.07. The molecule has 0 aliphatic carbocycles. The number of nitrogens with zero attached hydrogens (tertiary/aromatic N) is 2. The van der Waals surface area contributed by atoms with Gasteiger partial charge in [-0.2, -0.15) is 0 Å². The van der Waals surface area contributed by atoms with Gasteiger partial charge >= 0.3 is 5.97 Å². The third-order valence-corrected chi connectivity index (χ3v) is 7.61. The number of benzene rings is 2. The van der Waals surface area contributed by atoms with E-state index >= 15 is 0 Å². The number of thiazole rings is 1. The number of anilines is 1. The van der Waals surface area contributed by atoms with Gasteiger partial charge in [-0.1, -0.05) is 30.3 Å². The molecule has 2 aromatic heterocycles. The number of fused-ring (bicyclic) bond motifs is 2. The van der Waals surface area contributed by atoms with Crippen LogP contribution in [0.25, 0.3) is 10.2 Å². The molecule has 2 aromatic carbocycles. The van der Waals surface area contributed by atoms with Gasteiger partial charge in [0.2, 0.25) is 0 Å². The van der Waals surface area contributed by atoms with Crippen molar-refractivity contribution in [3.8, 4) is 0 Å². The highest BCUT2D eigenvalue weighted by Gasteiger charge is 2.29. The van der Waals surface area contributed by atoms with Crippen LogP contribution >= 0.6 is 22.7 Å². The molecule has 4 aromatic rings. The number of aromatic nitrogens is 1. The molecule has 1 aliphatic rings. The molecule has 0 fully saturated rings. The number of amides is 1. The molecule has 0 saturated heterocycles. The molecular formula is C25H23N3O3S2. The van der Waals surface area contributed by atoms with E-state index in [2.05, 4.69) is 27.3 Å². The summed E-state index contributed by atoms with van der Waals surface area (Å²) in [5, 5.41) is 3.55. The predicted molar refractivity (Wildman–Crippen MR) is 132 cm³/mol. The van der Waals surface area contributed by atoms with E-state index in [1.165, 1.54) is 28.2 Å². The average molecular weight is 478 g/mol. The third kappa shape index (κ3) is 4.55. The molecule has 5 rings (SSSR count). The van der Waals surface area contributed by atoms with E-state index in [0.29, 0.717) is 22.7 Å². The molecule has 0 unspecified atom stereocenters. The fraction of sp³-hybridized carbons (Fsp3) is 0.240. The first kappa shape index (κ1) is 21.8. The minimum absolute atomic E-state index is 0.240. The van der Waals surface area contributed by atoms with Crippen molar-refractivity contribution in [3.63, 3.8) is 0 Å². The zero-order valence-corrected chi connectivity index (χ0v) is 19.8. The van der Waals surface area contributed by atoms with Gasteiger partial charge in [-0.25, -0.2) is 9.78 Å². The van der Waals surface area contributed by atoms with Crippen molar-refractivity contribution in [2.24, 2.45) is 0 Å². The summed E-state index contributed by atoms with van der Waals surface area (Å²) in [6.07, 6.45) is 0.746. The molecule has 0 saturated carbocycles. The summed E-state index contributed by atoms with van der Waals surface area (Å²) in [6.45, 7) is 4.52. The maximum atomic E-state index is 13.0. The second kappa shape index (κ2) is 9.43. The van der Waals surface area contributed by atoms with Crippen molar-refractivity contribution in [1.82, 2.24) is 9.88 Å². The Labute approximate surface area is 199 Å². The number of carbonyl (C=O) groups is 2. The van der Waals surface area contributed by atoms with Gasteiger partial charge in [0.05, 0.1) is 27.9 Å². The fourth-order valence-electron chi connectivity index (χ4n) is 4.11. The van der Waals surface area contributed by atoms with Crippen molar-refractivity contribution < 1.29 is 14.3 Å². The SMILES string of the molecule is CCOC(=O)c1c(NC(=O)c2ccc3ncsc3c2)sc2c1CCN(Cc1ccccc1)C2. The van der Waals surface area contributed by atoms with Gasteiger partial charge in [-0.05, 0) is 42.7 Å². The average Bonchev–Trinajstić information content (AvgIpc) is 3.43. The molecule has 168 valence electrons. The zero-order valence-electron chi connectivity index (χ0n) is 18.2. The smallest absolute Gasteiger partial charge is 0.341 e. The van der Waals surface area contributed by atoms with Gasteiger partial charge in [0.25, 0.3) is 5.91 Å². The van der Waals surface area contributed by atoms with E-state index in [1.807, 2.05) is 30.3 Å². The lowest BCUT2D eigenvalue weighted by molar-refractivity contribution is 0.0526. The van der Waals surface area contributed by atoms with E-state index < -0.39 is 0 Å². The summed E-state index contributed by atoms with van der Waals surface area (Å²) in [7, 11) is 0. The largest absolute Gasteiger partial charge is 0.462 e. The molecule has 0 atom stereocenters. The van der Waals surface area contributed by atoms with Crippen molar-refractivity contribution in [2.45, 2.75) is 26.4 Å². The standard InChI is InChI=1S/C25H23N3O3S2/c1-2-31-25(30)22-18-10-11-28(13-16-6-4-3-5-7-16)14-21(18)33-24(22)27-23(29)17-8-9-19-20(12-17)32-15-26-19/h3-9,12,15H,2,10-11,13-14H2,1H3,(H,27,29). The third-order valence-electron chi connectivity index (χ3n) is 5.69. The normalized spacial score (nSPS) is 13.6. The van der Waals surface area contributed by atoms with E-state index in [9.17, 15) is 9.59 Å². The highest BCUT2D eigenvalue weighted by molar-refractivity contribution is 7.17. The Morgan fingerprint density at radius 1 is 1.18 bits per heavy atom. The van der Waals surface area contributed by atoms with Gasteiger partial charge < -0.3 is 10.1 Å². The van der Waals surface area contributed by atoms with Gasteiger partial charge in [0.15, 0.2) is 0 Å². The van der Waals surface area contributed by atoms with Gasteiger partial charge in [0, 0.05) is 30.1 Å². The van der Waals surface area contributed by atoms with Crippen LogP contribution in [-0.4, -0.2) is 34.9 Å². The summed E-state index contributed by atoms with van der Waals surface area (Å²) in [5.41, 5.74) is 5.93. The van der Waals surface area contributed by atoms with E-state index in [1.54, 1.807) is 18.5 Å². The number of rotatable bonds is 6. The van der Waals surface area contributed by atoms with E-state index in [-0.39, 0.29) is 11.9 Å². The molecule has 0 radical (unpaired) electrons. The second-order valence-corrected chi connectivity index (χ2v) is 9.86. The number of nitrogens with one attached hydrogen (secondary N) is 1. The molecular weight excluding hydrogens is 454 g/mol. The highest BCUT2D eigenvalue weighted by atomic mass is 32.1. The molecule has 8 heteroatoms. The molecule has 0 spiro atoms. The Morgan fingerprint density at radius 3 is 2.85 bits per heavy atom. The van der Waals surface area contributed by atoms with Crippen LogP contribution in [0.15, 0.2) is 54.0 Å². The number of hydrogen-bond donors (Lipinski definition) is 1. The quantitative estimate of drug-likeness (QED) is 0.379. The summed E-state index contributed by atoms with van der Waals surface area (Å²) >= 11 is 2.97. The first-order chi connectivity index (χ1) is 16.1. The summed E-state index contributed by atoms with van der Waals surface area (Å²) in [6, 6.07) is 15.8. The Balaban J connectivity index is 1.41. The first-order valence-electron chi connectivity index (χ1n) is 10.8. The minimum atomic E-state index is -0.375. The maximum Gasteiger partial charge on any atom is 0.341 e. The number of thiophene rings is 1. The molecule has 0 bridgehead atoms. The van der Waals surface area contributed by atoms with Crippen molar-refractivity contribution in [1.29, 1.82) is 0 Å². The highest BCUT2D eigenvalue weighted by Crippen LogP contribution is 2.38. The molecule has 1 N–H and O–H groups in total. The van der Waals surface area contributed by atoms with Crippen LogP contribution in [0, 0.1) is 0 Å². The van der Waals surface area contributed by atoms with E-state index in [4.69, 9.17) is 4.74 Å². The lowest BCUT2D eigenvalue weighted by Crippen LogP contribution is -2.29. The summed E-state index contributed by atoms with van der Waals surface area (Å²) < 4.78 is 6.30. The summed E-state index contributed by atoms with van der Waals surface area (Å²) in [4.78, 5) is 33.6. The van der Waals surface area contributed by atoms with Crippen LogP contribution in [0.2, 0.25) is 0 Å². The molecule has 1 aliphatic heterocycles. The first-order valence-corrected chi connectivity index (χ1v) is 12.5. The number of esters is 1. The van der Waals surface area contributed by atoms with Gasteiger partial charge in [-0.3, -0.25) is 9.69 Å². The van der Waals surface area contributed by atoms with Crippen LogP contribution < -0.4 is 5.32 Å². The molecule has 33 heavy (non-hydrogen) atoms. The van der Waals surface area contributed by atoms with E-state index in [0.717, 1.165) is 46.7 Å². The maximum absolute atomic E-state index is 13.0. The Bertz CT molecular complexity index is 1310. The zero-order chi connectivity index (χ0) is 22.8. The molecule has 3 heterocycles. The van der Waals surface area contributed by atoms with Gasteiger partial charge in [-0.15, -0.1) is 22.7 Å². The predicted octanol–water partition coefficient (Wildman–Crippen LogP) is 5.35. The fourth-order valence-corrected chi connectivity index (χ4v) is 6.10. The van der Waals surface area contributed by atoms with Crippen molar-refractivity contribution in [2.75, 3.05) is 18.5 Å². The van der Waals surface area contributed by atoms with Crippen LogP contribution in [0.4, 0.5) is 5.00 Å². The second-order valence-electron chi connectivity index (χ2n) is 7.86.